The van der Waals surface area contributed by atoms with E-state index in [0.29, 0.717) is 0 Å². The highest BCUT2D eigenvalue weighted by Gasteiger charge is 2.02. The maximum atomic E-state index is 4.82. The van der Waals surface area contributed by atoms with Crippen molar-refractivity contribution >= 4 is 51.4 Å². The van der Waals surface area contributed by atoms with Crippen LogP contribution in [0.25, 0.3) is 0 Å². The Labute approximate surface area is 89.6 Å². The molecule has 1 aromatic rings. The van der Waals surface area contributed by atoms with Crippen LogP contribution in [-0.2, 0) is 0 Å². The number of hydrogen-bond donors (Lipinski definition) is 0. The number of halogens is 1. The largest absolute Gasteiger partial charge is 0.265 e. The second-order valence-electron chi connectivity index (χ2n) is 1.95. The number of rotatable bonds is 3. The highest BCUT2D eigenvalue weighted by molar-refractivity contribution is 9.10. The van der Waals surface area contributed by atoms with Gasteiger partial charge in [-0.15, -0.1) is 0 Å². The number of nitrogens with zero attached hydrogens (tertiary/aromatic N) is 2. The Kier molecular flexibility index (Phi) is 3.97. The first-order chi connectivity index (χ1) is 5.77. The minimum atomic E-state index is 0.840. The summed E-state index contributed by atoms with van der Waals surface area (Å²) >= 11 is 9.71. The van der Waals surface area contributed by atoms with Gasteiger partial charge in [0.1, 0.15) is 5.82 Å². The summed E-state index contributed by atoms with van der Waals surface area (Å²) in [6, 6.07) is 3.80. The lowest BCUT2D eigenvalue weighted by Gasteiger charge is -2.13. The third kappa shape index (κ3) is 2.43. The van der Waals surface area contributed by atoms with Crippen molar-refractivity contribution in [3.8, 4) is 0 Å². The number of anilines is 1. The summed E-state index contributed by atoms with van der Waals surface area (Å²) in [5, 5.41) is 0. The lowest BCUT2D eigenvalue weighted by atomic mass is 10.5. The van der Waals surface area contributed by atoms with Gasteiger partial charge in [0.15, 0.2) is 0 Å². The van der Waals surface area contributed by atoms with E-state index < -0.39 is 0 Å². The first-order valence-corrected chi connectivity index (χ1v) is 5.62. The molecule has 0 aliphatic heterocycles. The molecule has 12 heavy (non-hydrogen) atoms. The summed E-state index contributed by atoms with van der Waals surface area (Å²) in [5.41, 5.74) is 1.57. The first kappa shape index (κ1) is 9.95. The topological polar surface area (TPSA) is 16.1 Å². The third-order valence-electron chi connectivity index (χ3n) is 1.23. The van der Waals surface area contributed by atoms with Crippen LogP contribution in [0.2, 0.25) is 0 Å². The van der Waals surface area contributed by atoms with Crippen LogP contribution in [0.3, 0.4) is 0 Å². The Bertz CT molecular complexity index is 280. The van der Waals surface area contributed by atoms with E-state index in [2.05, 4.69) is 20.9 Å². The van der Waals surface area contributed by atoms with Crippen LogP contribution in [0.1, 0.15) is 0 Å². The molecule has 64 valence electrons. The van der Waals surface area contributed by atoms with Crippen LogP contribution in [-0.4, -0.2) is 16.7 Å². The average Bonchev–Trinajstić information content (AvgIpc) is 2.07. The van der Waals surface area contributed by atoms with Crippen molar-refractivity contribution in [2.24, 2.45) is 0 Å². The SMILES string of the molecule is CSN(C=S)c1cc(Br)ccn1. The Morgan fingerprint density at radius 1 is 1.75 bits per heavy atom. The van der Waals surface area contributed by atoms with E-state index >= 15 is 0 Å². The molecule has 0 aromatic carbocycles. The summed E-state index contributed by atoms with van der Waals surface area (Å²) in [4.78, 5) is 4.16. The Balaban J connectivity index is 2.93. The molecule has 0 spiro atoms. The van der Waals surface area contributed by atoms with Gasteiger partial charge in [0.2, 0.25) is 0 Å². The van der Waals surface area contributed by atoms with Crippen LogP contribution in [0.4, 0.5) is 5.82 Å². The van der Waals surface area contributed by atoms with Crippen molar-refractivity contribution in [3.63, 3.8) is 0 Å². The Morgan fingerprint density at radius 3 is 3.00 bits per heavy atom. The highest BCUT2D eigenvalue weighted by Crippen LogP contribution is 2.19. The number of hydrogen-bond acceptors (Lipinski definition) is 3. The standard InChI is InChI=1S/C7H7BrN2S2/c1-12-10(5-11)7-4-6(8)2-3-9-7/h2-5H,1H3. The van der Waals surface area contributed by atoms with Crippen LogP contribution in [0.5, 0.6) is 0 Å². The predicted octanol–water partition coefficient (Wildman–Crippen LogP) is 2.89. The smallest absolute Gasteiger partial charge is 0.144 e. The third-order valence-corrected chi connectivity index (χ3v) is 2.75. The summed E-state index contributed by atoms with van der Waals surface area (Å²) < 4.78 is 2.82. The molecule has 0 radical (unpaired) electrons. The van der Waals surface area contributed by atoms with E-state index in [0.717, 1.165) is 10.3 Å². The quantitative estimate of drug-likeness (QED) is 0.615. The zero-order chi connectivity index (χ0) is 8.97. The Morgan fingerprint density at radius 2 is 2.50 bits per heavy atom. The van der Waals surface area contributed by atoms with Gasteiger partial charge in [-0.25, -0.2) is 4.98 Å². The molecule has 0 aliphatic carbocycles. The fourth-order valence-electron chi connectivity index (χ4n) is 0.705. The van der Waals surface area contributed by atoms with Gasteiger partial charge in [-0.3, -0.25) is 4.31 Å². The minimum Gasteiger partial charge on any atom is -0.265 e. The molecule has 0 saturated carbocycles. The molecule has 1 aromatic heterocycles. The molecule has 0 saturated heterocycles. The fourth-order valence-corrected chi connectivity index (χ4v) is 1.77. The fraction of sp³-hybridized carbons (Fsp3) is 0.143. The van der Waals surface area contributed by atoms with E-state index in [4.69, 9.17) is 12.2 Å². The number of thiocarbonyl (C=S) groups is 1. The van der Waals surface area contributed by atoms with Gasteiger partial charge in [-0.2, -0.15) is 0 Å². The molecule has 0 amide bonds. The monoisotopic (exact) mass is 262 g/mol. The van der Waals surface area contributed by atoms with E-state index in [1.165, 1.54) is 11.9 Å². The maximum absolute atomic E-state index is 4.82. The van der Waals surface area contributed by atoms with Crippen molar-refractivity contribution in [3.05, 3.63) is 22.8 Å². The van der Waals surface area contributed by atoms with E-state index in [9.17, 15) is 0 Å². The molecule has 1 heterocycles. The average molecular weight is 263 g/mol. The molecule has 0 bridgehead atoms. The van der Waals surface area contributed by atoms with Gasteiger partial charge in [0.25, 0.3) is 0 Å². The number of pyridine rings is 1. The van der Waals surface area contributed by atoms with Gasteiger partial charge in [0, 0.05) is 16.9 Å². The summed E-state index contributed by atoms with van der Waals surface area (Å²) in [7, 11) is 0. The molecule has 0 fully saturated rings. The van der Waals surface area contributed by atoms with E-state index in [1.807, 2.05) is 22.7 Å². The van der Waals surface area contributed by atoms with Crippen LogP contribution < -0.4 is 4.31 Å². The highest BCUT2D eigenvalue weighted by atomic mass is 79.9. The van der Waals surface area contributed by atoms with E-state index in [-0.39, 0.29) is 0 Å². The molecule has 0 N–H and O–H groups in total. The van der Waals surface area contributed by atoms with Crippen molar-refractivity contribution in [1.29, 1.82) is 0 Å². The zero-order valence-electron chi connectivity index (χ0n) is 6.40. The molecule has 1 rings (SSSR count). The van der Waals surface area contributed by atoms with Gasteiger partial charge < -0.3 is 0 Å². The minimum absolute atomic E-state index is 0.840. The predicted molar refractivity (Wildman–Crippen MR) is 61.6 cm³/mol. The Hall–Kier alpha value is -0.130. The molecule has 0 unspecified atom stereocenters. The van der Waals surface area contributed by atoms with Gasteiger partial charge in [0.05, 0.1) is 5.49 Å². The van der Waals surface area contributed by atoms with Crippen LogP contribution in [0.15, 0.2) is 22.8 Å². The van der Waals surface area contributed by atoms with Crippen molar-refractivity contribution in [1.82, 2.24) is 4.98 Å². The molecule has 0 atom stereocenters. The zero-order valence-corrected chi connectivity index (χ0v) is 9.62. The summed E-state index contributed by atoms with van der Waals surface area (Å²) in [5.74, 6) is 0.840. The molecule has 5 heteroatoms. The molecular weight excluding hydrogens is 256 g/mol. The summed E-state index contributed by atoms with van der Waals surface area (Å²) in [6.07, 6.45) is 3.69. The molecule has 2 nitrogen and oxygen atoms in total. The van der Waals surface area contributed by atoms with Gasteiger partial charge >= 0.3 is 0 Å². The van der Waals surface area contributed by atoms with E-state index in [1.54, 1.807) is 11.7 Å². The normalized spacial score (nSPS) is 9.50. The van der Waals surface area contributed by atoms with Crippen LogP contribution >= 0.6 is 40.1 Å². The van der Waals surface area contributed by atoms with Crippen molar-refractivity contribution in [2.45, 2.75) is 0 Å². The second-order valence-corrected chi connectivity index (χ2v) is 3.83. The maximum Gasteiger partial charge on any atom is 0.144 e. The number of aromatic nitrogens is 1. The first-order valence-electron chi connectivity index (χ1n) is 3.18. The second kappa shape index (κ2) is 4.79. The lowest BCUT2D eigenvalue weighted by Crippen LogP contribution is -2.10. The summed E-state index contributed by atoms with van der Waals surface area (Å²) in [6.45, 7) is 0. The van der Waals surface area contributed by atoms with Crippen molar-refractivity contribution < 1.29 is 0 Å². The van der Waals surface area contributed by atoms with Gasteiger partial charge in [-0.1, -0.05) is 28.1 Å². The van der Waals surface area contributed by atoms with Gasteiger partial charge in [-0.05, 0) is 24.1 Å². The lowest BCUT2D eigenvalue weighted by molar-refractivity contribution is 1.28. The van der Waals surface area contributed by atoms with Crippen LogP contribution in [0, 0.1) is 0 Å². The van der Waals surface area contributed by atoms with Crippen molar-refractivity contribution in [2.75, 3.05) is 10.6 Å². The molecule has 0 aliphatic rings. The molecular formula is C7H7BrN2S2.